The molecule has 6 rings (SSSR count). The number of rotatable bonds is 16. The van der Waals surface area contributed by atoms with Gasteiger partial charge in [-0.25, -0.2) is 0 Å². The number of benzene rings is 4. The fourth-order valence-electron chi connectivity index (χ4n) is 8.95. The lowest BCUT2D eigenvalue weighted by atomic mass is 9.70. The Hall–Kier alpha value is -3.20. The monoisotopic (exact) mass is 640 g/mol. The summed E-state index contributed by atoms with van der Waals surface area (Å²) in [5.41, 5.74) is 17.6. The van der Waals surface area contributed by atoms with E-state index in [4.69, 9.17) is 0 Å². The predicted octanol–water partition coefficient (Wildman–Crippen LogP) is 11.8. The Bertz CT molecular complexity index is 1700. The van der Waals surface area contributed by atoms with Crippen LogP contribution in [-0.2, 0) is 5.41 Å². The third kappa shape index (κ3) is 7.08. The molecule has 2 heteroatoms. The smallest absolute Gasteiger partial charge is 0.0216 e. The summed E-state index contributed by atoms with van der Waals surface area (Å²) in [5.74, 6) is 0.499. The minimum Gasteiger partial charge on any atom is -0.309 e. The van der Waals surface area contributed by atoms with Crippen LogP contribution in [0.5, 0.6) is 0 Å². The fraction of sp³-hybridized carbons (Fsp3) is 0.478. The third-order valence-corrected chi connectivity index (χ3v) is 11.4. The Kier molecular flexibility index (Phi) is 10.9. The molecule has 2 nitrogen and oxygen atoms in total. The molecule has 0 saturated carbocycles. The SMILES string of the molecule is CCCCCCCCC1c2cc(C)ccc2-c2ccc(-c3ccc4c(c3)C(CCCN(C)C)(CCCN(C)C)c3cc(C)ccc3-4)cc21. The van der Waals surface area contributed by atoms with E-state index in [-0.39, 0.29) is 5.41 Å². The highest BCUT2D eigenvalue weighted by atomic mass is 15.1. The summed E-state index contributed by atoms with van der Waals surface area (Å²) >= 11 is 0. The molecular weight excluding hydrogens is 581 g/mol. The second-order valence-corrected chi connectivity index (χ2v) is 15.7. The van der Waals surface area contributed by atoms with E-state index in [0.717, 1.165) is 13.1 Å². The molecule has 1 unspecified atom stereocenters. The van der Waals surface area contributed by atoms with Crippen molar-refractivity contribution < 1.29 is 0 Å². The molecule has 2 aliphatic carbocycles. The van der Waals surface area contributed by atoms with Crippen LogP contribution in [0.4, 0.5) is 0 Å². The Morgan fingerprint density at radius 2 is 1.02 bits per heavy atom. The van der Waals surface area contributed by atoms with Crippen molar-refractivity contribution in [2.75, 3.05) is 41.3 Å². The summed E-state index contributed by atoms with van der Waals surface area (Å²) in [6, 6.07) is 29.3. The highest BCUT2D eigenvalue weighted by Crippen LogP contribution is 2.55. The lowest BCUT2D eigenvalue weighted by Gasteiger charge is -2.34. The molecule has 0 aliphatic heterocycles. The third-order valence-electron chi connectivity index (χ3n) is 11.4. The zero-order chi connectivity index (χ0) is 33.8. The van der Waals surface area contributed by atoms with Crippen molar-refractivity contribution in [3.8, 4) is 33.4 Å². The number of fused-ring (bicyclic) bond motifs is 6. The van der Waals surface area contributed by atoms with Gasteiger partial charge in [-0.15, -0.1) is 0 Å². The summed E-state index contributed by atoms with van der Waals surface area (Å²) < 4.78 is 0. The number of nitrogens with zero attached hydrogens (tertiary/aromatic N) is 2. The van der Waals surface area contributed by atoms with Gasteiger partial charge in [-0.3, -0.25) is 0 Å². The van der Waals surface area contributed by atoms with Crippen molar-refractivity contribution >= 4 is 0 Å². The number of hydrogen-bond acceptors (Lipinski definition) is 2. The molecule has 4 aromatic rings. The van der Waals surface area contributed by atoms with E-state index in [0.29, 0.717) is 5.92 Å². The van der Waals surface area contributed by atoms with Gasteiger partial charge in [0.2, 0.25) is 0 Å². The zero-order valence-electron chi connectivity index (χ0n) is 31.1. The molecule has 254 valence electrons. The Labute approximate surface area is 292 Å². The van der Waals surface area contributed by atoms with Crippen LogP contribution in [0, 0.1) is 13.8 Å². The van der Waals surface area contributed by atoms with Gasteiger partial charge < -0.3 is 9.80 Å². The molecule has 0 amide bonds. The molecule has 0 radical (unpaired) electrons. The zero-order valence-corrected chi connectivity index (χ0v) is 31.1. The normalized spacial score (nSPS) is 15.6. The number of aryl methyl sites for hydroxylation is 2. The highest BCUT2D eigenvalue weighted by Gasteiger charge is 2.42. The molecule has 48 heavy (non-hydrogen) atoms. The van der Waals surface area contributed by atoms with Crippen LogP contribution < -0.4 is 0 Å². The van der Waals surface area contributed by atoms with Crippen LogP contribution in [-0.4, -0.2) is 51.1 Å². The molecule has 0 spiro atoms. The minimum absolute atomic E-state index is 0.0452. The van der Waals surface area contributed by atoms with Gasteiger partial charge in [0.15, 0.2) is 0 Å². The lowest BCUT2D eigenvalue weighted by molar-refractivity contribution is 0.328. The molecule has 2 aliphatic rings. The molecule has 0 aromatic heterocycles. The molecule has 4 aromatic carbocycles. The average Bonchev–Trinajstić information content (AvgIpc) is 3.50. The quantitative estimate of drug-likeness (QED) is 0.112. The van der Waals surface area contributed by atoms with Crippen LogP contribution >= 0.6 is 0 Å². The molecule has 0 bridgehead atoms. The van der Waals surface area contributed by atoms with Crippen LogP contribution in [0.2, 0.25) is 0 Å². The Morgan fingerprint density at radius 1 is 0.521 bits per heavy atom. The largest absolute Gasteiger partial charge is 0.309 e. The van der Waals surface area contributed by atoms with E-state index in [9.17, 15) is 0 Å². The van der Waals surface area contributed by atoms with Gasteiger partial charge in [0.25, 0.3) is 0 Å². The number of hydrogen-bond donors (Lipinski definition) is 0. The first-order valence-corrected chi connectivity index (χ1v) is 19.0. The molecule has 0 N–H and O–H groups in total. The summed E-state index contributed by atoms with van der Waals surface area (Å²) in [7, 11) is 8.85. The van der Waals surface area contributed by atoms with Crippen molar-refractivity contribution in [3.63, 3.8) is 0 Å². The van der Waals surface area contributed by atoms with E-state index in [1.165, 1.54) is 115 Å². The van der Waals surface area contributed by atoms with Gasteiger partial charge in [-0.2, -0.15) is 0 Å². The first-order chi connectivity index (χ1) is 23.2. The summed E-state index contributed by atoms with van der Waals surface area (Å²) in [5, 5.41) is 0. The van der Waals surface area contributed by atoms with Gasteiger partial charge in [-0.05, 0) is 155 Å². The average molecular weight is 641 g/mol. The van der Waals surface area contributed by atoms with Crippen molar-refractivity contribution in [2.24, 2.45) is 0 Å². The maximum atomic E-state index is 2.60. The highest BCUT2D eigenvalue weighted by molar-refractivity contribution is 5.86. The number of unbranched alkanes of at least 4 members (excludes halogenated alkanes) is 5. The predicted molar refractivity (Wildman–Crippen MR) is 208 cm³/mol. The van der Waals surface area contributed by atoms with Gasteiger partial charge in [0.1, 0.15) is 0 Å². The molecule has 0 saturated heterocycles. The molecule has 1 atom stereocenters. The van der Waals surface area contributed by atoms with E-state index in [1.54, 1.807) is 22.3 Å². The summed E-state index contributed by atoms with van der Waals surface area (Å²) in [4.78, 5) is 4.70. The first-order valence-electron chi connectivity index (χ1n) is 19.0. The van der Waals surface area contributed by atoms with Crippen LogP contribution in [0.25, 0.3) is 33.4 Å². The minimum atomic E-state index is 0.0452. The summed E-state index contributed by atoms with van der Waals surface area (Å²) in [6.45, 7) is 9.07. The molecule has 0 fully saturated rings. The van der Waals surface area contributed by atoms with Gasteiger partial charge in [0.05, 0.1) is 0 Å². The van der Waals surface area contributed by atoms with Crippen molar-refractivity contribution in [1.29, 1.82) is 0 Å². The second kappa shape index (κ2) is 15.1. The van der Waals surface area contributed by atoms with Crippen molar-refractivity contribution in [2.45, 2.75) is 103 Å². The fourth-order valence-corrected chi connectivity index (χ4v) is 8.95. The van der Waals surface area contributed by atoms with E-state index >= 15 is 0 Å². The second-order valence-electron chi connectivity index (χ2n) is 15.7. The Morgan fingerprint density at radius 3 is 1.67 bits per heavy atom. The summed E-state index contributed by atoms with van der Waals surface area (Å²) in [6.07, 6.45) is 14.1. The van der Waals surface area contributed by atoms with E-state index < -0.39 is 0 Å². The van der Waals surface area contributed by atoms with Crippen LogP contribution in [0.1, 0.15) is 117 Å². The Balaban J connectivity index is 1.39. The van der Waals surface area contributed by atoms with Crippen molar-refractivity contribution in [1.82, 2.24) is 9.80 Å². The maximum absolute atomic E-state index is 2.60. The topological polar surface area (TPSA) is 6.48 Å². The standard InChI is InChI=1S/C46H60N2/c1-8-9-10-11-12-13-16-37-42-29-33(2)17-21-38(42)39-23-19-35(31-43(37)39)36-20-24-41-40-22-18-34(3)30-44(40)46(45(41)32-36,25-14-27-47(4)5)26-15-28-48(6)7/h17-24,29-32,37H,8-16,25-28H2,1-7H3. The van der Waals surface area contributed by atoms with Crippen LogP contribution in [0.3, 0.4) is 0 Å². The lowest BCUT2D eigenvalue weighted by Crippen LogP contribution is -2.29. The molecular formula is C46H60N2. The first kappa shape index (κ1) is 34.7. The van der Waals surface area contributed by atoms with E-state index in [1.807, 2.05) is 0 Å². The van der Waals surface area contributed by atoms with Gasteiger partial charge in [-0.1, -0.05) is 117 Å². The van der Waals surface area contributed by atoms with Crippen molar-refractivity contribution in [3.05, 3.63) is 106 Å². The van der Waals surface area contributed by atoms with Gasteiger partial charge >= 0.3 is 0 Å². The van der Waals surface area contributed by atoms with Gasteiger partial charge in [0, 0.05) is 11.3 Å². The maximum Gasteiger partial charge on any atom is 0.0216 e. The van der Waals surface area contributed by atoms with E-state index in [2.05, 4.69) is 132 Å². The molecule has 0 heterocycles. The van der Waals surface area contributed by atoms with Crippen LogP contribution in [0.15, 0.2) is 72.8 Å².